The van der Waals surface area contributed by atoms with E-state index >= 15 is 0 Å². The largest absolute Gasteiger partial charge is 0.481 e. The lowest BCUT2D eigenvalue weighted by Gasteiger charge is -2.38. The molecule has 0 saturated carbocycles. The summed E-state index contributed by atoms with van der Waals surface area (Å²) in [6, 6.07) is 15.5. The summed E-state index contributed by atoms with van der Waals surface area (Å²) in [4.78, 5) is 38.3. The van der Waals surface area contributed by atoms with Crippen LogP contribution < -0.4 is 5.32 Å². The van der Waals surface area contributed by atoms with Crippen LogP contribution in [0.3, 0.4) is 0 Å². The van der Waals surface area contributed by atoms with Gasteiger partial charge in [0.15, 0.2) is 0 Å². The van der Waals surface area contributed by atoms with Crippen LogP contribution in [0.2, 0.25) is 0 Å². The first-order valence-corrected chi connectivity index (χ1v) is 11.5. The molecule has 1 fully saturated rings. The van der Waals surface area contributed by atoms with E-state index in [2.05, 4.69) is 29.6 Å². The summed E-state index contributed by atoms with van der Waals surface area (Å²) < 4.78 is 5.55. The highest BCUT2D eigenvalue weighted by atomic mass is 16.5. The number of fused-ring (bicyclic) bond motifs is 3. The molecule has 2 aromatic rings. The van der Waals surface area contributed by atoms with Gasteiger partial charge < -0.3 is 20.1 Å². The van der Waals surface area contributed by atoms with E-state index in [1.165, 1.54) is 0 Å². The number of likely N-dealkylation sites (tertiary alicyclic amines) is 1. The van der Waals surface area contributed by atoms with E-state index < -0.39 is 24.0 Å². The third kappa shape index (κ3) is 4.72. The van der Waals surface area contributed by atoms with Crippen LogP contribution >= 0.6 is 0 Å². The molecule has 174 valence electrons. The second-order valence-corrected chi connectivity index (χ2v) is 8.99. The molecule has 0 radical (unpaired) electrons. The lowest BCUT2D eigenvalue weighted by Crippen LogP contribution is -2.50. The zero-order valence-corrected chi connectivity index (χ0v) is 19.0. The summed E-state index contributed by atoms with van der Waals surface area (Å²) in [6.45, 7) is 4.29. The lowest BCUT2D eigenvalue weighted by atomic mass is 9.90. The molecule has 7 heteroatoms. The average Bonchev–Trinajstić information content (AvgIpc) is 3.11. The number of carboxylic acid groups (broad SMARTS) is 1. The Morgan fingerprint density at radius 1 is 1.09 bits per heavy atom. The summed E-state index contributed by atoms with van der Waals surface area (Å²) in [6.07, 6.45) is 0.780. The Hall–Kier alpha value is -3.35. The number of hydrogen-bond acceptors (Lipinski definition) is 4. The zero-order valence-electron chi connectivity index (χ0n) is 19.0. The minimum atomic E-state index is -0.871. The van der Waals surface area contributed by atoms with Crippen LogP contribution in [0.5, 0.6) is 0 Å². The van der Waals surface area contributed by atoms with Crippen molar-refractivity contribution in [3.63, 3.8) is 0 Å². The van der Waals surface area contributed by atoms with Gasteiger partial charge in [-0.2, -0.15) is 0 Å². The molecule has 1 aliphatic heterocycles. The molecule has 2 unspecified atom stereocenters. The number of carbonyl (C=O) groups excluding carboxylic acids is 2. The fraction of sp³-hybridized carbons (Fsp3) is 0.423. The van der Waals surface area contributed by atoms with Gasteiger partial charge in [-0.1, -0.05) is 48.5 Å². The molecule has 1 saturated heterocycles. The number of ether oxygens (including phenoxy) is 1. The Bertz CT molecular complexity index is 1010. The number of piperidine rings is 1. The van der Waals surface area contributed by atoms with Crippen LogP contribution in [0.15, 0.2) is 48.5 Å². The Balaban J connectivity index is 1.31. The Labute approximate surface area is 193 Å². The fourth-order valence-electron chi connectivity index (χ4n) is 5.10. The monoisotopic (exact) mass is 450 g/mol. The molecule has 2 aromatic carbocycles. The summed E-state index contributed by atoms with van der Waals surface area (Å²) in [5.41, 5.74) is 4.61. The van der Waals surface area contributed by atoms with E-state index in [9.17, 15) is 19.5 Å². The van der Waals surface area contributed by atoms with Crippen molar-refractivity contribution in [1.82, 2.24) is 10.2 Å². The maximum atomic E-state index is 12.8. The standard InChI is InChI=1S/C26H30N2O5/c1-16(14-24(29)28-13-7-12-18(17(28)2)25(30)31)27-26(32)33-15-23-21-10-5-3-8-19(21)20-9-4-6-11-22(20)23/h3-6,8-11,16-18,23H,7,12-15H2,1-2H3,(H,27,32)(H,30,31)/t16-,17?,18?/m1/s1. The third-order valence-electron chi connectivity index (χ3n) is 6.81. The molecule has 1 aliphatic carbocycles. The van der Waals surface area contributed by atoms with Gasteiger partial charge in [0.2, 0.25) is 5.91 Å². The second-order valence-electron chi connectivity index (χ2n) is 8.99. The molecule has 0 aromatic heterocycles. The van der Waals surface area contributed by atoms with Crippen LogP contribution in [-0.4, -0.2) is 53.2 Å². The molecule has 7 nitrogen and oxygen atoms in total. The SMILES string of the molecule is CC1C(C(=O)O)CCCN1C(=O)C[C@@H](C)NC(=O)OCC1c2ccccc2-c2ccccc21. The van der Waals surface area contributed by atoms with Gasteiger partial charge in [-0.05, 0) is 48.9 Å². The van der Waals surface area contributed by atoms with Gasteiger partial charge in [0.05, 0.1) is 5.92 Å². The van der Waals surface area contributed by atoms with Gasteiger partial charge in [-0.3, -0.25) is 9.59 Å². The minimum absolute atomic E-state index is 0.0257. The first kappa shape index (κ1) is 22.8. The Morgan fingerprint density at radius 2 is 1.70 bits per heavy atom. The first-order valence-electron chi connectivity index (χ1n) is 11.5. The van der Waals surface area contributed by atoms with Crippen molar-refractivity contribution >= 4 is 18.0 Å². The molecule has 1 heterocycles. The van der Waals surface area contributed by atoms with E-state index in [4.69, 9.17) is 4.74 Å². The summed E-state index contributed by atoms with van der Waals surface area (Å²) in [7, 11) is 0. The van der Waals surface area contributed by atoms with Gasteiger partial charge in [0.25, 0.3) is 0 Å². The van der Waals surface area contributed by atoms with Crippen LogP contribution in [0.4, 0.5) is 4.79 Å². The average molecular weight is 451 g/mol. The number of nitrogens with one attached hydrogen (secondary N) is 1. The molecule has 2 N–H and O–H groups in total. The van der Waals surface area contributed by atoms with Crippen LogP contribution in [0.1, 0.15) is 50.2 Å². The maximum Gasteiger partial charge on any atom is 0.407 e. The predicted octanol–water partition coefficient (Wildman–Crippen LogP) is 4.02. The maximum absolute atomic E-state index is 12.8. The smallest absolute Gasteiger partial charge is 0.407 e. The highest BCUT2D eigenvalue weighted by molar-refractivity contribution is 5.80. The van der Waals surface area contributed by atoms with Crippen molar-refractivity contribution in [2.45, 2.75) is 51.1 Å². The number of benzene rings is 2. The fourth-order valence-corrected chi connectivity index (χ4v) is 5.10. The van der Waals surface area contributed by atoms with E-state index in [0.29, 0.717) is 19.4 Å². The van der Waals surface area contributed by atoms with Crippen molar-refractivity contribution in [1.29, 1.82) is 0 Å². The number of carbonyl (C=O) groups is 3. The molecular weight excluding hydrogens is 420 g/mol. The van der Waals surface area contributed by atoms with Crippen molar-refractivity contribution in [2.24, 2.45) is 5.92 Å². The van der Waals surface area contributed by atoms with E-state index in [0.717, 1.165) is 22.3 Å². The highest BCUT2D eigenvalue weighted by Gasteiger charge is 2.35. The van der Waals surface area contributed by atoms with Gasteiger partial charge >= 0.3 is 12.1 Å². The first-order chi connectivity index (χ1) is 15.9. The van der Waals surface area contributed by atoms with E-state index in [1.807, 2.05) is 24.3 Å². The number of aliphatic carboxylic acids is 1. The van der Waals surface area contributed by atoms with Crippen molar-refractivity contribution in [2.75, 3.05) is 13.2 Å². The summed E-state index contributed by atoms with van der Waals surface area (Å²) >= 11 is 0. The number of carboxylic acids is 1. The number of nitrogens with zero attached hydrogens (tertiary/aromatic N) is 1. The van der Waals surface area contributed by atoms with Gasteiger partial charge in [0, 0.05) is 31.0 Å². The zero-order chi connectivity index (χ0) is 23.5. The van der Waals surface area contributed by atoms with Crippen LogP contribution in [0.25, 0.3) is 11.1 Å². The second kappa shape index (κ2) is 9.65. The number of amides is 2. The molecule has 2 amide bonds. The van der Waals surface area contributed by atoms with E-state index in [1.54, 1.807) is 18.7 Å². The van der Waals surface area contributed by atoms with Gasteiger partial charge in [0.1, 0.15) is 6.61 Å². The Morgan fingerprint density at radius 3 is 2.30 bits per heavy atom. The predicted molar refractivity (Wildman–Crippen MR) is 124 cm³/mol. The minimum Gasteiger partial charge on any atom is -0.481 e. The Kier molecular flexibility index (Phi) is 6.67. The molecule has 0 bridgehead atoms. The molecule has 0 spiro atoms. The molecule has 3 atom stereocenters. The number of rotatable bonds is 6. The normalized spacial score (nSPS) is 20.5. The summed E-state index contributed by atoms with van der Waals surface area (Å²) in [5, 5.41) is 12.1. The molecule has 2 aliphatic rings. The molecule has 4 rings (SSSR count). The number of hydrogen-bond donors (Lipinski definition) is 2. The quantitative estimate of drug-likeness (QED) is 0.693. The van der Waals surface area contributed by atoms with Gasteiger partial charge in [-0.15, -0.1) is 0 Å². The van der Waals surface area contributed by atoms with E-state index in [-0.39, 0.29) is 30.9 Å². The highest BCUT2D eigenvalue weighted by Crippen LogP contribution is 2.44. The van der Waals surface area contributed by atoms with Crippen molar-refractivity contribution < 1.29 is 24.2 Å². The van der Waals surface area contributed by atoms with Gasteiger partial charge in [-0.25, -0.2) is 4.79 Å². The topological polar surface area (TPSA) is 95.9 Å². The molecular formula is C26H30N2O5. The van der Waals surface area contributed by atoms with Crippen molar-refractivity contribution in [3.05, 3.63) is 59.7 Å². The summed E-state index contributed by atoms with van der Waals surface area (Å²) in [5.74, 6) is -1.60. The number of alkyl carbamates (subject to hydrolysis) is 1. The molecule has 33 heavy (non-hydrogen) atoms. The van der Waals surface area contributed by atoms with Crippen LogP contribution in [0, 0.1) is 5.92 Å². The van der Waals surface area contributed by atoms with Crippen molar-refractivity contribution in [3.8, 4) is 11.1 Å². The lowest BCUT2D eigenvalue weighted by molar-refractivity contribution is -0.149. The third-order valence-corrected chi connectivity index (χ3v) is 6.81. The van der Waals surface area contributed by atoms with Crippen LogP contribution in [-0.2, 0) is 14.3 Å².